The van der Waals surface area contributed by atoms with E-state index in [1.165, 1.54) is 22.1 Å². The van der Waals surface area contributed by atoms with Crippen LogP contribution in [0.1, 0.15) is 31.9 Å². The Morgan fingerprint density at radius 3 is 2.23 bits per heavy atom. The highest BCUT2D eigenvalue weighted by atomic mass is 35.7. The minimum Gasteiger partial charge on any atom is -0.0573 e. The summed E-state index contributed by atoms with van der Waals surface area (Å²) >= 11 is 0. The van der Waals surface area contributed by atoms with E-state index in [1.54, 1.807) is 0 Å². The predicted molar refractivity (Wildman–Crippen MR) is 61.6 cm³/mol. The van der Waals surface area contributed by atoms with Crippen LogP contribution >= 0.6 is 21.7 Å². The molecule has 0 heterocycles. The van der Waals surface area contributed by atoms with Crippen LogP contribution in [0, 0.1) is 6.92 Å². The summed E-state index contributed by atoms with van der Waals surface area (Å²) in [5.41, 5.74) is 2.84. The maximum absolute atomic E-state index is 5.72. The Morgan fingerprint density at radius 1 is 1.23 bits per heavy atom. The van der Waals surface area contributed by atoms with Gasteiger partial charge in [-0.2, -0.15) is 0 Å². The quantitative estimate of drug-likeness (QED) is 0.662. The van der Waals surface area contributed by atoms with Gasteiger partial charge in [0.15, 0.2) is 0 Å². The molecule has 0 spiro atoms. The van der Waals surface area contributed by atoms with Crippen molar-refractivity contribution in [2.45, 2.75) is 38.0 Å². The maximum atomic E-state index is 5.72. The fourth-order valence-corrected chi connectivity index (χ4v) is 2.02. The van der Waals surface area contributed by atoms with Crippen LogP contribution < -0.4 is 0 Å². The molecule has 1 aromatic rings. The number of hydrogen-bond acceptors (Lipinski definition) is 1. The van der Waals surface area contributed by atoms with Gasteiger partial charge >= 0.3 is 0 Å². The molecule has 1 rings (SSSR count). The fraction of sp³-hybridized carbons (Fsp3) is 0.455. The number of rotatable bonds is 1. The van der Waals surface area contributed by atoms with Crippen molar-refractivity contribution in [3.8, 4) is 0 Å². The number of aryl methyl sites for hydroxylation is 1. The molecule has 0 atom stereocenters. The SMILES string of the molecule is Cc1cc(C(C)(C)C)ccc1SCl. The summed E-state index contributed by atoms with van der Waals surface area (Å²) in [6.45, 7) is 8.75. The molecule has 0 saturated heterocycles. The van der Waals surface area contributed by atoms with Crippen LogP contribution in [0.3, 0.4) is 0 Å². The number of hydrogen-bond donors (Lipinski definition) is 0. The highest BCUT2D eigenvalue weighted by molar-refractivity contribution is 8.21. The summed E-state index contributed by atoms with van der Waals surface area (Å²) in [4.78, 5) is 1.15. The van der Waals surface area contributed by atoms with Gasteiger partial charge in [0.25, 0.3) is 0 Å². The predicted octanol–water partition coefficient (Wildman–Crippen LogP) is 4.54. The van der Waals surface area contributed by atoms with Crippen LogP contribution in [0.2, 0.25) is 0 Å². The Bertz CT molecular complexity index is 299. The highest BCUT2D eigenvalue weighted by Crippen LogP contribution is 2.30. The average molecular weight is 215 g/mol. The lowest BCUT2D eigenvalue weighted by Gasteiger charge is -2.20. The molecule has 0 aliphatic rings. The molecule has 0 nitrogen and oxygen atoms in total. The molecule has 1 aromatic carbocycles. The topological polar surface area (TPSA) is 0 Å². The van der Waals surface area contributed by atoms with Gasteiger partial charge in [-0.3, -0.25) is 0 Å². The van der Waals surface area contributed by atoms with Crippen molar-refractivity contribution in [3.05, 3.63) is 29.3 Å². The molecular weight excluding hydrogens is 200 g/mol. The van der Waals surface area contributed by atoms with Crippen molar-refractivity contribution in [2.24, 2.45) is 0 Å². The van der Waals surface area contributed by atoms with Crippen LogP contribution in [-0.4, -0.2) is 0 Å². The van der Waals surface area contributed by atoms with E-state index >= 15 is 0 Å². The zero-order valence-electron chi connectivity index (χ0n) is 8.52. The van der Waals surface area contributed by atoms with Crippen molar-refractivity contribution < 1.29 is 0 Å². The molecule has 0 amide bonds. The molecule has 0 aliphatic carbocycles. The van der Waals surface area contributed by atoms with Crippen LogP contribution in [-0.2, 0) is 5.41 Å². The van der Waals surface area contributed by atoms with Gasteiger partial charge in [0.05, 0.1) is 0 Å². The molecular formula is C11H15ClS. The summed E-state index contributed by atoms with van der Waals surface area (Å²) < 4.78 is 0. The van der Waals surface area contributed by atoms with E-state index in [9.17, 15) is 0 Å². The normalized spacial score (nSPS) is 11.8. The molecule has 0 fully saturated rings. The van der Waals surface area contributed by atoms with Crippen molar-refractivity contribution in [2.75, 3.05) is 0 Å². The molecule has 0 saturated carbocycles. The lowest BCUT2D eigenvalue weighted by molar-refractivity contribution is 0.589. The lowest BCUT2D eigenvalue weighted by atomic mass is 9.86. The number of halogens is 1. The van der Waals surface area contributed by atoms with Crippen LogP contribution in [0.4, 0.5) is 0 Å². The summed E-state index contributed by atoms with van der Waals surface area (Å²) in [5, 5.41) is 0. The first-order valence-corrected chi connectivity index (χ1v) is 5.99. The first-order valence-electron chi connectivity index (χ1n) is 4.35. The van der Waals surface area contributed by atoms with Crippen molar-refractivity contribution in [3.63, 3.8) is 0 Å². The minimum atomic E-state index is 0.222. The molecule has 72 valence electrons. The molecule has 0 radical (unpaired) electrons. The van der Waals surface area contributed by atoms with Crippen LogP contribution in [0.5, 0.6) is 0 Å². The van der Waals surface area contributed by atoms with Gasteiger partial charge < -0.3 is 0 Å². The summed E-state index contributed by atoms with van der Waals surface area (Å²) in [5.74, 6) is 0. The third kappa shape index (κ3) is 2.65. The molecule has 0 N–H and O–H groups in total. The lowest BCUT2D eigenvalue weighted by Crippen LogP contribution is -2.10. The standard InChI is InChI=1S/C11H15ClS/c1-8-7-9(11(2,3)4)5-6-10(8)13-12/h5-7H,1-4H3. The Labute approximate surface area is 89.2 Å². The Morgan fingerprint density at radius 2 is 1.85 bits per heavy atom. The fourth-order valence-electron chi connectivity index (χ4n) is 1.20. The zero-order valence-corrected chi connectivity index (χ0v) is 10.1. The second kappa shape index (κ2) is 3.93. The van der Waals surface area contributed by atoms with Crippen molar-refractivity contribution in [1.29, 1.82) is 0 Å². The van der Waals surface area contributed by atoms with Gasteiger partial charge in [-0.25, -0.2) is 0 Å². The molecule has 13 heavy (non-hydrogen) atoms. The first kappa shape index (κ1) is 10.9. The zero-order chi connectivity index (χ0) is 10.1. The Hall–Kier alpha value is -0.140. The second-order valence-corrected chi connectivity index (χ2v) is 5.36. The first-order chi connectivity index (χ1) is 5.95. The van der Waals surface area contributed by atoms with E-state index in [2.05, 4.69) is 45.9 Å². The van der Waals surface area contributed by atoms with Gasteiger partial charge in [0.2, 0.25) is 0 Å². The van der Waals surface area contributed by atoms with Gasteiger partial charge in [-0.1, -0.05) is 32.9 Å². The third-order valence-electron chi connectivity index (χ3n) is 2.12. The van der Waals surface area contributed by atoms with Crippen molar-refractivity contribution in [1.82, 2.24) is 0 Å². The highest BCUT2D eigenvalue weighted by Gasteiger charge is 2.14. The number of benzene rings is 1. The third-order valence-corrected chi connectivity index (χ3v) is 3.25. The molecule has 0 aliphatic heterocycles. The largest absolute Gasteiger partial charge is 0.0573 e. The van der Waals surface area contributed by atoms with E-state index in [0.717, 1.165) is 4.90 Å². The van der Waals surface area contributed by atoms with Gasteiger partial charge in [0, 0.05) is 4.90 Å². The van der Waals surface area contributed by atoms with E-state index in [4.69, 9.17) is 10.7 Å². The second-order valence-electron chi connectivity index (χ2n) is 4.31. The Kier molecular flexibility index (Phi) is 3.31. The smallest absolute Gasteiger partial charge is 0.0262 e. The molecule has 0 bridgehead atoms. The van der Waals surface area contributed by atoms with Crippen LogP contribution in [0.15, 0.2) is 23.1 Å². The van der Waals surface area contributed by atoms with E-state index in [1.807, 2.05) is 0 Å². The van der Waals surface area contributed by atoms with E-state index < -0.39 is 0 Å². The summed E-state index contributed by atoms with van der Waals surface area (Å²) in [6.07, 6.45) is 0. The summed E-state index contributed by atoms with van der Waals surface area (Å²) in [6, 6.07) is 6.45. The average Bonchev–Trinajstić information content (AvgIpc) is 2.02. The van der Waals surface area contributed by atoms with Gasteiger partial charge in [0.1, 0.15) is 0 Å². The van der Waals surface area contributed by atoms with Gasteiger partial charge in [-0.15, -0.1) is 0 Å². The van der Waals surface area contributed by atoms with E-state index in [-0.39, 0.29) is 5.41 Å². The maximum Gasteiger partial charge on any atom is 0.0262 e. The van der Waals surface area contributed by atoms with E-state index in [0.29, 0.717) is 0 Å². The summed E-state index contributed by atoms with van der Waals surface area (Å²) in [7, 11) is 7.00. The minimum absolute atomic E-state index is 0.222. The van der Waals surface area contributed by atoms with Crippen molar-refractivity contribution >= 4 is 21.7 Å². The monoisotopic (exact) mass is 214 g/mol. The molecule has 0 unspecified atom stereocenters. The van der Waals surface area contributed by atoms with Crippen LogP contribution in [0.25, 0.3) is 0 Å². The molecule has 2 heteroatoms. The molecule has 0 aromatic heterocycles. The Balaban J connectivity index is 3.10. The van der Waals surface area contributed by atoms with Gasteiger partial charge in [-0.05, 0) is 51.2 Å².